The summed E-state index contributed by atoms with van der Waals surface area (Å²) in [5.41, 5.74) is 3.48. The Morgan fingerprint density at radius 1 is 1.09 bits per heavy atom. The van der Waals surface area contributed by atoms with Crippen molar-refractivity contribution in [3.05, 3.63) is 86.3 Å². The van der Waals surface area contributed by atoms with Gasteiger partial charge in [0.1, 0.15) is 10.6 Å². The van der Waals surface area contributed by atoms with Crippen LogP contribution in [0.25, 0.3) is 10.2 Å². The van der Waals surface area contributed by atoms with Gasteiger partial charge in [-0.3, -0.25) is 19.0 Å². The molecule has 1 N–H and O–H groups in total. The maximum absolute atomic E-state index is 13.2. The molecule has 2 heterocycles. The zero-order valence-corrected chi connectivity index (χ0v) is 20.3. The van der Waals surface area contributed by atoms with Crippen LogP contribution in [0.15, 0.2) is 53.6 Å². The summed E-state index contributed by atoms with van der Waals surface area (Å²) in [4.78, 5) is 44.1. The molecule has 2 aromatic heterocycles. The van der Waals surface area contributed by atoms with E-state index in [-0.39, 0.29) is 23.8 Å². The largest absolute Gasteiger partial charge is 0.494 e. The Morgan fingerprint density at radius 3 is 2.50 bits per heavy atom. The molecule has 1 amide bonds. The van der Waals surface area contributed by atoms with Crippen molar-refractivity contribution in [2.24, 2.45) is 0 Å². The van der Waals surface area contributed by atoms with Gasteiger partial charge in [0.05, 0.1) is 29.7 Å². The highest BCUT2D eigenvalue weighted by molar-refractivity contribution is 7.20. The number of aryl methyl sites for hydroxylation is 3. The summed E-state index contributed by atoms with van der Waals surface area (Å²) < 4.78 is 6.69. The lowest BCUT2D eigenvalue weighted by Crippen LogP contribution is -2.24. The van der Waals surface area contributed by atoms with Crippen LogP contribution in [-0.2, 0) is 6.54 Å². The number of ketones is 1. The van der Waals surface area contributed by atoms with Gasteiger partial charge in [-0.1, -0.05) is 17.7 Å². The smallest absolute Gasteiger partial charge is 0.266 e. The number of benzene rings is 2. The van der Waals surface area contributed by atoms with E-state index < -0.39 is 0 Å². The SMILES string of the molecule is CCOc1ccc(C(=O)Cn2cnc3sc(C(=O)Nc4ccc(C)cc4C)c(C)c3c2=O)cc1. The minimum atomic E-state index is -0.344. The van der Waals surface area contributed by atoms with Gasteiger partial charge >= 0.3 is 0 Å². The zero-order chi connectivity index (χ0) is 24.4. The van der Waals surface area contributed by atoms with Gasteiger partial charge in [-0.25, -0.2) is 4.98 Å². The molecule has 0 saturated heterocycles. The highest BCUT2D eigenvalue weighted by Crippen LogP contribution is 2.28. The van der Waals surface area contributed by atoms with E-state index in [9.17, 15) is 14.4 Å². The topological polar surface area (TPSA) is 90.3 Å². The van der Waals surface area contributed by atoms with Gasteiger partial charge < -0.3 is 10.1 Å². The fourth-order valence-electron chi connectivity index (χ4n) is 3.77. The van der Waals surface area contributed by atoms with Crippen molar-refractivity contribution >= 4 is 38.9 Å². The number of hydrogen-bond acceptors (Lipinski definition) is 6. The van der Waals surface area contributed by atoms with Crippen LogP contribution in [0.4, 0.5) is 5.69 Å². The molecule has 0 aliphatic carbocycles. The number of carbonyl (C=O) groups is 2. The monoisotopic (exact) mass is 475 g/mol. The van der Waals surface area contributed by atoms with E-state index in [4.69, 9.17) is 4.74 Å². The van der Waals surface area contributed by atoms with E-state index in [2.05, 4.69) is 10.3 Å². The van der Waals surface area contributed by atoms with Gasteiger partial charge in [-0.05, 0) is 69.2 Å². The number of nitrogens with zero attached hydrogens (tertiary/aromatic N) is 2. The quantitative estimate of drug-likeness (QED) is 0.383. The number of nitrogens with one attached hydrogen (secondary N) is 1. The molecular weight excluding hydrogens is 450 g/mol. The van der Waals surface area contributed by atoms with E-state index in [1.165, 1.54) is 22.2 Å². The number of hydrogen-bond donors (Lipinski definition) is 1. The average molecular weight is 476 g/mol. The number of carbonyl (C=O) groups excluding carboxylic acids is 2. The van der Waals surface area contributed by atoms with Crippen LogP contribution < -0.4 is 15.6 Å². The number of thiophene rings is 1. The third kappa shape index (κ3) is 4.63. The first kappa shape index (κ1) is 23.4. The predicted molar refractivity (Wildman–Crippen MR) is 134 cm³/mol. The van der Waals surface area contributed by atoms with Crippen LogP contribution in [0, 0.1) is 20.8 Å². The molecule has 8 heteroatoms. The first-order valence-electron chi connectivity index (χ1n) is 10.9. The Hall–Kier alpha value is -3.78. The van der Waals surface area contributed by atoms with Crippen LogP contribution in [0.5, 0.6) is 5.75 Å². The van der Waals surface area contributed by atoms with Gasteiger partial charge in [-0.15, -0.1) is 11.3 Å². The van der Waals surface area contributed by atoms with Crippen LogP contribution >= 0.6 is 11.3 Å². The lowest BCUT2D eigenvalue weighted by molar-refractivity contribution is 0.0969. The Bertz CT molecular complexity index is 1450. The number of aromatic nitrogens is 2. The maximum Gasteiger partial charge on any atom is 0.266 e. The lowest BCUT2D eigenvalue weighted by Gasteiger charge is -2.08. The molecule has 0 unspecified atom stereocenters. The van der Waals surface area contributed by atoms with E-state index in [0.717, 1.165) is 16.8 Å². The summed E-state index contributed by atoms with van der Waals surface area (Å²) in [6.07, 6.45) is 1.36. The summed E-state index contributed by atoms with van der Waals surface area (Å²) in [5, 5.41) is 3.29. The van der Waals surface area contributed by atoms with Gasteiger partial charge in [0, 0.05) is 11.3 Å². The van der Waals surface area contributed by atoms with Crippen molar-refractivity contribution in [1.82, 2.24) is 9.55 Å². The predicted octanol–water partition coefficient (Wildman–Crippen LogP) is 4.92. The van der Waals surface area contributed by atoms with Gasteiger partial charge in [-0.2, -0.15) is 0 Å². The standard InChI is InChI=1S/C26H25N3O4S/c1-5-33-19-9-7-18(8-10-19)21(30)13-29-14-27-25-22(26(29)32)17(4)23(34-25)24(31)28-20-11-6-15(2)12-16(20)3/h6-12,14H,5,13H2,1-4H3,(H,28,31). The van der Waals surface area contributed by atoms with Crippen LogP contribution in [0.1, 0.15) is 43.6 Å². The van der Waals surface area contributed by atoms with Crippen molar-refractivity contribution in [2.75, 3.05) is 11.9 Å². The van der Waals surface area contributed by atoms with Crippen molar-refractivity contribution < 1.29 is 14.3 Å². The van der Waals surface area contributed by atoms with Crippen molar-refractivity contribution in [3.8, 4) is 5.75 Å². The van der Waals surface area contributed by atoms with Crippen LogP contribution in [0.2, 0.25) is 0 Å². The van der Waals surface area contributed by atoms with Crippen LogP contribution in [-0.4, -0.2) is 27.8 Å². The molecule has 7 nitrogen and oxygen atoms in total. The second kappa shape index (κ2) is 9.61. The van der Waals surface area contributed by atoms with E-state index in [1.54, 1.807) is 31.2 Å². The van der Waals surface area contributed by atoms with Gasteiger partial charge in [0.25, 0.3) is 11.5 Å². The zero-order valence-electron chi connectivity index (χ0n) is 19.5. The average Bonchev–Trinajstić information content (AvgIpc) is 3.15. The summed E-state index contributed by atoms with van der Waals surface area (Å²) in [6, 6.07) is 12.6. The van der Waals surface area contributed by atoms with Crippen LogP contribution in [0.3, 0.4) is 0 Å². The Kier molecular flexibility index (Phi) is 6.61. The number of Topliss-reactive ketones (excluding diaryl/α,β-unsaturated/α-hetero) is 1. The normalized spacial score (nSPS) is 10.9. The summed E-state index contributed by atoms with van der Waals surface area (Å²) >= 11 is 1.17. The highest BCUT2D eigenvalue weighted by atomic mass is 32.1. The number of rotatable bonds is 7. The molecule has 0 bridgehead atoms. The highest BCUT2D eigenvalue weighted by Gasteiger charge is 2.21. The minimum Gasteiger partial charge on any atom is -0.494 e. The molecular formula is C26H25N3O4S. The maximum atomic E-state index is 13.2. The molecule has 0 atom stereocenters. The van der Waals surface area contributed by atoms with E-state index >= 15 is 0 Å². The Balaban J connectivity index is 1.60. The third-order valence-electron chi connectivity index (χ3n) is 5.55. The molecule has 4 rings (SSSR count). The number of ether oxygens (including phenoxy) is 1. The molecule has 34 heavy (non-hydrogen) atoms. The molecule has 0 radical (unpaired) electrons. The third-order valence-corrected chi connectivity index (χ3v) is 6.75. The fourth-order valence-corrected chi connectivity index (χ4v) is 4.81. The van der Waals surface area contributed by atoms with E-state index in [1.807, 2.05) is 39.0 Å². The molecule has 0 aliphatic heterocycles. The van der Waals surface area contributed by atoms with Crippen molar-refractivity contribution in [2.45, 2.75) is 34.2 Å². The first-order valence-corrected chi connectivity index (χ1v) is 11.7. The number of amides is 1. The lowest BCUT2D eigenvalue weighted by atomic mass is 10.1. The molecule has 0 saturated carbocycles. The Morgan fingerprint density at radius 2 is 1.82 bits per heavy atom. The fraction of sp³-hybridized carbons (Fsp3) is 0.231. The molecule has 0 fully saturated rings. The molecule has 0 aliphatic rings. The van der Waals surface area contributed by atoms with Crippen molar-refractivity contribution in [3.63, 3.8) is 0 Å². The Labute approximate surface area is 201 Å². The second-order valence-electron chi connectivity index (χ2n) is 8.07. The first-order chi connectivity index (χ1) is 16.3. The van der Waals surface area contributed by atoms with E-state index in [0.29, 0.717) is 38.6 Å². The van der Waals surface area contributed by atoms with Gasteiger partial charge in [0.15, 0.2) is 5.78 Å². The molecule has 0 spiro atoms. The second-order valence-corrected chi connectivity index (χ2v) is 9.07. The minimum absolute atomic E-state index is 0.144. The molecule has 4 aromatic rings. The summed E-state index contributed by atoms with van der Waals surface area (Å²) in [7, 11) is 0. The molecule has 2 aromatic carbocycles. The molecule has 174 valence electrons. The summed E-state index contributed by atoms with van der Waals surface area (Å²) in [6.45, 7) is 7.94. The number of anilines is 1. The van der Waals surface area contributed by atoms with Gasteiger partial charge in [0.2, 0.25) is 0 Å². The number of fused-ring (bicyclic) bond motifs is 1. The van der Waals surface area contributed by atoms with Crippen molar-refractivity contribution in [1.29, 1.82) is 0 Å². The summed E-state index contributed by atoms with van der Waals surface area (Å²) in [5.74, 6) is 0.177.